The minimum Gasteiger partial charge on any atom is -0.508 e. The van der Waals surface area contributed by atoms with E-state index in [-0.39, 0.29) is 35.8 Å². The molecule has 0 heterocycles. The first kappa shape index (κ1) is 22.0. The Labute approximate surface area is 184 Å². The number of nitrogens with two attached hydrogens (primary N) is 1. The summed E-state index contributed by atoms with van der Waals surface area (Å²) in [6.45, 7) is 4.47. The molecule has 170 valence electrons. The summed E-state index contributed by atoms with van der Waals surface area (Å²) < 4.78 is 0. The van der Waals surface area contributed by atoms with Crippen molar-refractivity contribution in [2.75, 3.05) is 0 Å². The van der Waals surface area contributed by atoms with Crippen LogP contribution in [-0.4, -0.2) is 49.5 Å². The summed E-state index contributed by atoms with van der Waals surface area (Å²) in [7, 11) is 0. The first-order valence-electron chi connectivity index (χ1n) is 10.5. The third kappa shape index (κ3) is 3.03. The first-order valence-corrected chi connectivity index (χ1v) is 10.5. The van der Waals surface area contributed by atoms with E-state index in [0.29, 0.717) is 18.5 Å². The molecule has 0 saturated heterocycles. The van der Waals surface area contributed by atoms with Gasteiger partial charge in [-0.25, -0.2) is 0 Å². The molecule has 4 rings (SSSR count). The molecule has 1 amide bonds. The number of phenols is 1. The predicted octanol–water partition coefficient (Wildman–Crippen LogP) is 0.922. The maximum absolute atomic E-state index is 13.4. The minimum atomic E-state index is -2.54. The Balaban J connectivity index is 1.87. The second kappa shape index (κ2) is 7.46. The molecule has 1 aromatic rings. The number of aliphatic hydroxyl groups is 3. The average Bonchev–Trinajstić information content (AvgIpc) is 2.69. The van der Waals surface area contributed by atoms with Crippen molar-refractivity contribution in [1.82, 2.24) is 5.32 Å². The van der Waals surface area contributed by atoms with E-state index in [9.17, 15) is 34.8 Å². The zero-order valence-corrected chi connectivity index (χ0v) is 17.8. The fourth-order valence-corrected chi connectivity index (χ4v) is 5.17. The van der Waals surface area contributed by atoms with Gasteiger partial charge < -0.3 is 31.5 Å². The summed E-state index contributed by atoms with van der Waals surface area (Å²) >= 11 is 0. The fraction of sp³-hybridized carbons (Fsp3) is 0.435. The zero-order chi connectivity index (χ0) is 23.5. The summed E-state index contributed by atoms with van der Waals surface area (Å²) in [5.41, 5.74) is 3.36. The van der Waals surface area contributed by atoms with Crippen molar-refractivity contribution in [3.8, 4) is 5.75 Å². The zero-order valence-electron chi connectivity index (χ0n) is 17.8. The van der Waals surface area contributed by atoms with Crippen LogP contribution in [0.5, 0.6) is 5.75 Å². The van der Waals surface area contributed by atoms with Gasteiger partial charge in [0.25, 0.3) is 5.91 Å². The van der Waals surface area contributed by atoms with E-state index >= 15 is 0 Å². The van der Waals surface area contributed by atoms with Crippen LogP contribution in [0.2, 0.25) is 0 Å². The Bertz CT molecular complexity index is 1120. The third-order valence-corrected chi connectivity index (χ3v) is 6.74. The maximum atomic E-state index is 13.4. The number of primary amides is 1. The van der Waals surface area contributed by atoms with E-state index in [1.807, 2.05) is 13.8 Å². The molecule has 9 nitrogen and oxygen atoms in total. The molecule has 0 spiro atoms. The van der Waals surface area contributed by atoms with E-state index in [1.165, 1.54) is 6.07 Å². The Morgan fingerprint density at radius 2 is 1.91 bits per heavy atom. The van der Waals surface area contributed by atoms with Gasteiger partial charge in [0.15, 0.2) is 11.4 Å². The lowest BCUT2D eigenvalue weighted by molar-refractivity contribution is -0.147. The monoisotopic (exact) mass is 442 g/mol. The van der Waals surface area contributed by atoms with Crippen molar-refractivity contribution in [1.29, 1.82) is 0 Å². The van der Waals surface area contributed by atoms with Gasteiger partial charge in [-0.3, -0.25) is 14.4 Å². The van der Waals surface area contributed by atoms with Crippen molar-refractivity contribution in [2.24, 2.45) is 17.6 Å². The summed E-state index contributed by atoms with van der Waals surface area (Å²) in [5.74, 6) is -6.21. The number of aromatic hydroxyl groups is 1. The molecule has 7 N–H and O–H groups in total. The number of fused-ring (bicyclic) bond motifs is 3. The van der Waals surface area contributed by atoms with Crippen LogP contribution in [0.3, 0.4) is 0 Å². The van der Waals surface area contributed by atoms with Crippen molar-refractivity contribution in [3.63, 3.8) is 0 Å². The number of ketones is 2. The van der Waals surface area contributed by atoms with E-state index in [1.54, 1.807) is 6.07 Å². The van der Waals surface area contributed by atoms with Crippen LogP contribution >= 0.6 is 0 Å². The second-order valence-electron chi connectivity index (χ2n) is 9.04. The SMILES string of the molecule is CC(C)NCc1ccc(O)c2c1CC1CC3CC(=O)C(C(N)=O)=C(O)C3(O)C(=O)C1=C2O. The van der Waals surface area contributed by atoms with Crippen LogP contribution in [0.15, 0.2) is 29.0 Å². The number of nitrogens with one attached hydrogen (secondary N) is 1. The molecule has 3 aliphatic rings. The van der Waals surface area contributed by atoms with E-state index in [2.05, 4.69) is 5.32 Å². The van der Waals surface area contributed by atoms with Crippen LogP contribution < -0.4 is 11.1 Å². The number of amides is 1. The fourth-order valence-electron chi connectivity index (χ4n) is 5.17. The number of carbonyl (C=O) groups is 3. The molecule has 3 atom stereocenters. The molecule has 0 bridgehead atoms. The average molecular weight is 442 g/mol. The Morgan fingerprint density at radius 1 is 1.22 bits per heavy atom. The molecular formula is C23H26N2O7. The van der Waals surface area contributed by atoms with Crippen LogP contribution in [0.25, 0.3) is 5.76 Å². The number of hydrogen-bond acceptors (Lipinski definition) is 8. The molecule has 32 heavy (non-hydrogen) atoms. The highest BCUT2D eigenvalue weighted by Crippen LogP contribution is 2.52. The number of rotatable bonds is 4. The highest BCUT2D eigenvalue weighted by atomic mass is 16.3. The largest absolute Gasteiger partial charge is 0.508 e. The van der Waals surface area contributed by atoms with Gasteiger partial charge >= 0.3 is 0 Å². The number of benzene rings is 1. The van der Waals surface area contributed by atoms with Crippen molar-refractivity contribution < 1.29 is 34.8 Å². The summed E-state index contributed by atoms with van der Waals surface area (Å²) in [4.78, 5) is 37.5. The van der Waals surface area contributed by atoms with Crippen LogP contribution in [0.4, 0.5) is 0 Å². The smallest absolute Gasteiger partial charge is 0.255 e. The van der Waals surface area contributed by atoms with Crippen molar-refractivity contribution in [3.05, 3.63) is 45.7 Å². The third-order valence-electron chi connectivity index (χ3n) is 6.74. The molecule has 0 radical (unpaired) electrons. The van der Waals surface area contributed by atoms with Crippen molar-refractivity contribution in [2.45, 2.75) is 51.3 Å². The van der Waals surface area contributed by atoms with Gasteiger partial charge in [0, 0.05) is 30.5 Å². The number of Topliss-reactive ketones (excluding diaryl/α,β-unsaturated/α-hetero) is 2. The molecule has 3 unspecified atom stereocenters. The van der Waals surface area contributed by atoms with Gasteiger partial charge in [-0.1, -0.05) is 19.9 Å². The number of aliphatic hydroxyl groups excluding tert-OH is 2. The molecule has 1 aromatic carbocycles. The van der Waals surface area contributed by atoms with Crippen molar-refractivity contribution >= 4 is 23.2 Å². The van der Waals surface area contributed by atoms with E-state index < -0.39 is 52.0 Å². The molecule has 1 fully saturated rings. The second-order valence-corrected chi connectivity index (χ2v) is 9.04. The van der Waals surface area contributed by atoms with Crippen LogP contribution in [0.1, 0.15) is 43.4 Å². The Kier molecular flexibility index (Phi) is 5.14. The molecule has 9 heteroatoms. The molecular weight excluding hydrogens is 416 g/mol. The topological polar surface area (TPSA) is 170 Å². The molecule has 3 aliphatic carbocycles. The van der Waals surface area contributed by atoms with Gasteiger partial charge in [-0.15, -0.1) is 0 Å². The van der Waals surface area contributed by atoms with E-state index in [0.717, 1.165) is 5.56 Å². The number of phenolic OH excluding ortho intramolecular Hbond substituents is 1. The Morgan fingerprint density at radius 3 is 2.53 bits per heavy atom. The Hall–Kier alpha value is -3.17. The lowest BCUT2D eigenvalue weighted by atomic mass is 9.59. The summed E-state index contributed by atoms with van der Waals surface area (Å²) in [6, 6.07) is 3.39. The van der Waals surface area contributed by atoms with Gasteiger partial charge in [0.1, 0.15) is 22.8 Å². The van der Waals surface area contributed by atoms with E-state index in [4.69, 9.17) is 5.73 Å². The molecule has 0 aliphatic heterocycles. The summed E-state index contributed by atoms with van der Waals surface area (Å²) in [6.07, 6.45) is 0.0945. The summed E-state index contributed by atoms with van der Waals surface area (Å²) in [5, 5.41) is 46.5. The predicted molar refractivity (Wildman–Crippen MR) is 113 cm³/mol. The van der Waals surface area contributed by atoms with Gasteiger partial charge in [-0.2, -0.15) is 0 Å². The van der Waals surface area contributed by atoms with Gasteiger partial charge in [0.05, 0.1) is 5.56 Å². The van der Waals surface area contributed by atoms with Crippen LogP contribution in [0, 0.1) is 11.8 Å². The lowest BCUT2D eigenvalue weighted by Gasteiger charge is -2.46. The van der Waals surface area contributed by atoms with Gasteiger partial charge in [-0.05, 0) is 36.0 Å². The van der Waals surface area contributed by atoms with Crippen LogP contribution in [-0.2, 0) is 27.3 Å². The quantitative estimate of drug-likeness (QED) is 0.374. The molecule has 0 aromatic heterocycles. The normalized spacial score (nSPS) is 27.4. The molecule has 1 saturated carbocycles. The minimum absolute atomic E-state index is 0.111. The lowest BCUT2D eigenvalue weighted by Crippen LogP contribution is -2.58. The van der Waals surface area contributed by atoms with Gasteiger partial charge in [0.2, 0.25) is 5.78 Å². The first-order chi connectivity index (χ1) is 15.0. The number of hydrogen-bond donors (Lipinski definition) is 6. The highest BCUT2D eigenvalue weighted by Gasteiger charge is 2.60. The maximum Gasteiger partial charge on any atom is 0.255 e. The highest BCUT2D eigenvalue weighted by molar-refractivity contribution is 6.22. The number of carbonyl (C=O) groups excluding carboxylic acids is 3. The standard InChI is InChI=1S/C23H26N2O7/c1-9(2)25-8-10-3-4-14(26)17-13(10)6-11-5-12-7-15(27)18(22(24)31)21(30)23(12,32)20(29)16(11)19(17)28/h3-4,9,11-12,25-26,28,30,32H,5-8H2,1-2H3,(H2,24,31).